The predicted molar refractivity (Wildman–Crippen MR) is 268 cm³/mol. The van der Waals surface area contributed by atoms with Gasteiger partial charge in [0.05, 0.1) is 5.56 Å². The first-order valence-corrected chi connectivity index (χ1v) is 23.6. The highest BCUT2D eigenvalue weighted by atomic mass is 32.2. The van der Waals surface area contributed by atoms with E-state index < -0.39 is 0 Å². The number of nitrogens with two attached hydrogens (primary N) is 1. The summed E-state index contributed by atoms with van der Waals surface area (Å²) in [4.78, 5) is 5.23. The van der Waals surface area contributed by atoms with Crippen LogP contribution >= 0.6 is 37.0 Å². The summed E-state index contributed by atoms with van der Waals surface area (Å²) in [7, 11) is 1.00. The molecule has 1 aliphatic carbocycles. The smallest absolute Gasteiger partial charge is 0.358 e. The number of hydrogen-bond acceptors (Lipinski definition) is 6. The van der Waals surface area contributed by atoms with Gasteiger partial charge in [0.1, 0.15) is 5.41 Å². The Kier molecular flexibility index (Phi) is 16.1. The minimum atomic E-state index is -0.235. The van der Waals surface area contributed by atoms with Crippen LogP contribution < -0.4 is 10.6 Å². The van der Waals surface area contributed by atoms with Crippen LogP contribution in [-0.4, -0.2) is 42.6 Å². The number of aliphatic hydroxyl groups is 1. The lowest BCUT2D eigenvalue weighted by molar-refractivity contribution is -0.362. The molecule has 314 valence electrons. The van der Waals surface area contributed by atoms with E-state index >= 15 is 0 Å². The van der Waals surface area contributed by atoms with Crippen molar-refractivity contribution in [2.75, 3.05) is 36.6 Å². The number of nitrogens with zero attached hydrogens (tertiary/aromatic N) is 1. The van der Waals surface area contributed by atoms with Gasteiger partial charge in [0.15, 0.2) is 0 Å². The molecule has 5 aromatic carbocycles. The second-order valence-electron chi connectivity index (χ2n) is 16.6. The third-order valence-corrected chi connectivity index (χ3v) is 13.7. The molecule has 3 aliphatic rings. The second-order valence-corrected chi connectivity index (χ2v) is 18.5. The lowest BCUT2D eigenvalue weighted by Gasteiger charge is -2.27. The van der Waals surface area contributed by atoms with Gasteiger partial charge >= 0.3 is 11.5 Å². The average Bonchev–Trinajstić information content (AvgIpc) is 3.67. The maximum Gasteiger partial charge on any atom is 0.358 e. The topological polar surface area (TPSA) is 60.8 Å². The van der Waals surface area contributed by atoms with Gasteiger partial charge in [0.2, 0.25) is 0 Å². The highest BCUT2D eigenvalue weighted by Gasteiger charge is 2.47. The first-order chi connectivity index (χ1) is 29.2. The van der Waals surface area contributed by atoms with Crippen molar-refractivity contribution < 1.29 is 9.53 Å². The fraction of sp³-hybridized carbons (Fsp3) is 0.340. The molecule has 0 spiro atoms. The molecule has 0 fully saturated rings. The largest absolute Gasteiger partial charge is 0.400 e. The molecule has 0 radical (unpaired) electrons. The number of unbranched alkanes of at least 4 members (excludes halogenated alkanes) is 2. The van der Waals surface area contributed by atoms with Crippen molar-refractivity contribution in [3.8, 4) is 5.75 Å². The van der Waals surface area contributed by atoms with Crippen LogP contribution in [0.5, 0.6) is 5.75 Å². The van der Waals surface area contributed by atoms with Gasteiger partial charge in [-0.3, -0.25) is 0 Å². The molecule has 4 nitrogen and oxygen atoms in total. The standard InChI is InChI=1S/C48H47NOS2.C4H11NS.CH4O/c1-47(2)42(49(31-12-13-32-51)40-27-23-33-15-8-10-21-38(33)44(40)47)29-25-35-17-14-18-36(46(35)52-37-19-6-5-7-20-37)26-30-43-48(3,4)45-39-22-11-9-16-34(39)24-28-41(45)50-43;5-3-1-2-4-6;1-2/h5-11,15-16,19-30H,12-14,17-18,31-32H2,1-4H3;6H,1-5H2;2H,1H3/p+1/b30-26+,35-25+,42-29+;;. The molecule has 0 amide bonds. The SMILES string of the molecule is CC1(C)C(/C=C/C2=C(Sc3ccccc3)C(=C/C=C3/N(CCCCS)c4ccc5ccccc5c4C3(C)C)/CCC2)=[O+]c2ccc3ccccc3c21.CO.NCCCCS. The number of ketones is 1. The number of rotatable bonds is 12. The first kappa shape index (κ1) is 45.5. The van der Waals surface area contributed by atoms with Crippen molar-refractivity contribution in [3.63, 3.8) is 0 Å². The first-order valence-electron chi connectivity index (χ1n) is 21.5. The van der Waals surface area contributed by atoms with Crippen molar-refractivity contribution in [3.05, 3.63) is 160 Å². The fourth-order valence-electron chi connectivity index (χ4n) is 8.82. The normalized spacial score (nSPS) is 17.8. The summed E-state index contributed by atoms with van der Waals surface area (Å²) in [5, 5.41) is 12.2. The third-order valence-electron chi connectivity index (χ3n) is 11.8. The minimum Gasteiger partial charge on any atom is -0.400 e. The van der Waals surface area contributed by atoms with Crippen LogP contribution in [0.1, 0.15) is 83.8 Å². The van der Waals surface area contributed by atoms with Gasteiger partial charge in [-0.15, -0.1) is 0 Å². The number of fused-ring (bicyclic) bond motifs is 6. The number of aliphatic hydroxyl groups excluding tert-OH is 1. The number of anilines is 1. The lowest BCUT2D eigenvalue weighted by atomic mass is 9.79. The molecule has 0 saturated carbocycles. The summed E-state index contributed by atoms with van der Waals surface area (Å²) in [5.74, 6) is 3.86. The molecule has 0 saturated heterocycles. The van der Waals surface area contributed by atoms with E-state index in [9.17, 15) is 0 Å². The molecule has 0 aromatic heterocycles. The molecule has 8 rings (SSSR count). The Labute approximate surface area is 374 Å². The van der Waals surface area contributed by atoms with E-state index in [-0.39, 0.29) is 10.8 Å². The molecule has 0 atom stereocenters. The number of carbonyl (C=O) groups excluding carboxylic acids is 1. The van der Waals surface area contributed by atoms with Gasteiger partial charge in [-0.05, 0) is 152 Å². The number of allylic oxidation sites excluding steroid dienone is 7. The molecule has 60 heavy (non-hydrogen) atoms. The Hall–Kier alpha value is -3.98. The third kappa shape index (κ3) is 9.87. The summed E-state index contributed by atoms with van der Waals surface area (Å²) in [6.45, 7) is 11.2. The van der Waals surface area contributed by atoms with Crippen LogP contribution in [0, 0.1) is 0 Å². The monoisotopic (exact) mass is 855 g/mol. The zero-order valence-electron chi connectivity index (χ0n) is 36.1. The molecule has 2 aliphatic heterocycles. The van der Waals surface area contributed by atoms with E-state index in [1.54, 1.807) is 0 Å². The number of thioether (sulfide) groups is 1. The summed E-state index contributed by atoms with van der Waals surface area (Å²) in [6.07, 6.45) is 17.2. The van der Waals surface area contributed by atoms with Gasteiger partial charge in [-0.1, -0.05) is 104 Å². The molecule has 0 unspecified atom stereocenters. The molecule has 5 aromatic rings. The fourth-order valence-corrected chi connectivity index (χ4v) is 10.4. The van der Waals surface area contributed by atoms with Gasteiger partial charge in [0.25, 0.3) is 0 Å². The zero-order chi connectivity index (χ0) is 42.7. The average molecular weight is 856 g/mol. The predicted octanol–water partition coefficient (Wildman–Crippen LogP) is 13.5. The Morgan fingerprint density at radius 3 is 2.00 bits per heavy atom. The van der Waals surface area contributed by atoms with Gasteiger partial charge in [-0.25, -0.2) is 4.42 Å². The van der Waals surface area contributed by atoms with E-state index in [1.807, 2.05) is 11.8 Å². The Balaban J connectivity index is 0.000000695. The van der Waals surface area contributed by atoms with Gasteiger partial charge in [0, 0.05) is 52.4 Å². The zero-order valence-corrected chi connectivity index (χ0v) is 38.7. The summed E-state index contributed by atoms with van der Waals surface area (Å²) >= 11 is 10.4. The quantitative estimate of drug-likeness (QED) is 0.0437. The van der Waals surface area contributed by atoms with E-state index in [4.69, 9.17) is 15.3 Å². The highest BCUT2D eigenvalue weighted by molar-refractivity contribution is 8.03. The number of thiol groups is 2. The van der Waals surface area contributed by atoms with Crippen molar-refractivity contribution in [2.45, 2.75) is 88.4 Å². The molecule has 0 bridgehead atoms. The number of benzene rings is 5. The molecule has 3 N–H and O–H groups in total. The van der Waals surface area contributed by atoms with Crippen molar-refractivity contribution in [1.82, 2.24) is 0 Å². The maximum atomic E-state index is 7.00. The summed E-state index contributed by atoms with van der Waals surface area (Å²) < 4.78 is 6.62. The Bertz CT molecular complexity index is 2400. The second kappa shape index (κ2) is 21.2. The van der Waals surface area contributed by atoms with Crippen molar-refractivity contribution in [1.29, 1.82) is 0 Å². The van der Waals surface area contributed by atoms with Crippen LogP contribution in [0.15, 0.2) is 154 Å². The highest BCUT2D eigenvalue weighted by Crippen LogP contribution is 2.51. The van der Waals surface area contributed by atoms with Gasteiger partial charge in [-0.2, -0.15) is 25.3 Å². The van der Waals surface area contributed by atoms with Crippen LogP contribution in [0.2, 0.25) is 0 Å². The Morgan fingerprint density at radius 1 is 0.700 bits per heavy atom. The lowest BCUT2D eigenvalue weighted by Crippen LogP contribution is -2.27. The van der Waals surface area contributed by atoms with Crippen LogP contribution in [0.3, 0.4) is 0 Å². The van der Waals surface area contributed by atoms with E-state index in [0.717, 1.165) is 88.2 Å². The molecule has 7 heteroatoms. The number of hydrogen-bond donors (Lipinski definition) is 4. The van der Waals surface area contributed by atoms with Crippen LogP contribution in [0.4, 0.5) is 5.69 Å². The van der Waals surface area contributed by atoms with Crippen molar-refractivity contribution in [2.24, 2.45) is 5.73 Å². The Morgan fingerprint density at radius 2 is 1.33 bits per heavy atom. The summed E-state index contributed by atoms with van der Waals surface area (Å²) in [5.41, 5.74) is 13.0. The minimum absolute atomic E-state index is 0.136. The molecular formula is C53H63N2O2S3+. The summed E-state index contributed by atoms with van der Waals surface area (Å²) in [6, 6.07) is 37.3. The van der Waals surface area contributed by atoms with Crippen LogP contribution in [-0.2, 0) is 15.3 Å². The van der Waals surface area contributed by atoms with E-state index in [1.165, 1.54) is 65.0 Å². The molecule has 2 heterocycles. The van der Waals surface area contributed by atoms with E-state index in [0.29, 0.717) is 0 Å². The van der Waals surface area contributed by atoms with E-state index in [2.05, 4.69) is 185 Å². The van der Waals surface area contributed by atoms with Crippen molar-refractivity contribution >= 4 is 70.0 Å². The maximum absolute atomic E-state index is 7.00. The van der Waals surface area contributed by atoms with Crippen LogP contribution in [0.25, 0.3) is 21.5 Å². The van der Waals surface area contributed by atoms with Gasteiger partial charge < -0.3 is 15.7 Å². The molecular weight excluding hydrogens is 793 g/mol.